The number of aromatic nitrogens is 1. The van der Waals surface area contributed by atoms with E-state index in [-0.39, 0.29) is 0 Å². The van der Waals surface area contributed by atoms with Crippen molar-refractivity contribution in [2.45, 2.75) is 66.5 Å². The molecular weight excluding hydrogens is 232 g/mol. The first-order valence-electron chi connectivity index (χ1n) is 8.01. The van der Waals surface area contributed by atoms with Gasteiger partial charge in [0.15, 0.2) is 0 Å². The third kappa shape index (κ3) is 5.02. The highest BCUT2D eigenvalue weighted by Crippen LogP contribution is 2.23. The number of nitrogens with zero attached hydrogens (tertiary/aromatic N) is 1. The van der Waals surface area contributed by atoms with Crippen LogP contribution in [0.25, 0.3) is 0 Å². The van der Waals surface area contributed by atoms with Crippen molar-refractivity contribution in [2.75, 3.05) is 6.54 Å². The molecule has 0 saturated heterocycles. The number of rotatable bonds is 9. The van der Waals surface area contributed by atoms with Crippen LogP contribution in [0.3, 0.4) is 0 Å². The van der Waals surface area contributed by atoms with Gasteiger partial charge >= 0.3 is 0 Å². The van der Waals surface area contributed by atoms with Crippen LogP contribution in [-0.2, 0) is 6.54 Å². The molecule has 0 bridgehead atoms. The second kappa shape index (κ2) is 8.42. The van der Waals surface area contributed by atoms with E-state index in [4.69, 9.17) is 0 Å². The highest BCUT2D eigenvalue weighted by molar-refractivity contribution is 5.16. The Kier molecular flexibility index (Phi) is 7.22. The van der Waals surface area contributed by atoms with Crippen molar-refractivity contribution in [1.29, 1.82) is 0 Å². The third-order valence-corrected chi connectivity index (χ3v) is 4.04. The molecule has 1 aromatic heterocycles. The van der Waals surface area contributed by atoms with Crippen molar-refractivity contribution in [2.24, 2.45) is 11.8 Å². The Balaban J connectivity index is 2.69. The van der Waals surface area contributed by atoms with Crippen LogP contribution in [-0.4, -0.2) is 11.1 Å². The van der Waals surface area contributed by atoms with Gasteiger partial charge in [0.1, 0.15) is 0 Å². The first-order valence-corrected chi connectivity index (χ1v) is 8.01. The van der Waals surface area contributed by atoms with Gasteiger partial charge in [0.2, 0.25) is 0 Å². The second-order valence-electron chi connectivity index (χ2n) is 6.00. The normalized spacial score (nSPS) is 13.4. The van der Waals surface area contributed by atoms with E-state index in [1.54, 1.807) is 0 Å². The quantitative estimate of drug-likeness (QED) is 0.688. The van der Waals surface area contributed by atoms with Crippen LogP contribution < -0.4 is 5.32 Å². The molecule has 0 spiro atoms. The number of hydrogen-bond donors (Lipinski definition) is 1. The van der Waals surface area contributed by atoms with Gasteiger partial charge in [-0.15, -0.1) is 0 Å². The van der Waals surface area contributed by atoms with Crippen LogP contribution in [0.1, 0.15) is 65.5 Å². The maximum absolute atomic E-state index is 3.67. The minimum Gasteiger partial charge on any atom is -0.354 e. The SMILES string of the molecule is CCCNC(c1ccn(CC(CC)CC)c1)C(C)C. The van der Waals surface area contributed by atoms with Crippen LogP contribution >= 0.6 is 0 Å². The standard InChI is InChI=1S/C17H32N2/c1-6-10-18-17(14(4)5)16-9-11-19(13-16)12-15(7-2)8-3/h9,11,13-15,17-18H,6-8,10,12H2,1-5H3. The molecule has 2 heteroatoms. The molecule has 0 aliphatic rings. The zero-order valence-electron chi connectivity index (χ0n) is 13.4. The highest BCUT2D eigenvalue weighted by atomic mass is 15.0. The summed E-state index contributed by atoms with van der Waals surface area (Å²) >= 11 is 0. The summed E-state index contributed by atoms with van der Waals surface area (Å²) in [6, 6.07) is 2.78. The lowest BCUT2D eigenvalue weighted by Crippen LogP contribution is -2.26. The lowest BCUT2D eigenvalue weighted by atomic mass is 9.98. The number of nitrogens with one attached hydrogen (secondary N) is 1. The average molecular weight is 264 g/mol. The Bertz CT molecular complexity index is 337. The highest BCUT2D eigenvalue weighted by Gasteiger charge is 2.16. The lowest BCUT2D eigenvalue weighted by molar-refractivity contribution is 0.405. The molecule has 1 heterocycles. The largest absolute Gasteiger partial charge is 0.354 e. The molecule has 1 rings (SSSR count). The Labute approximate surface area is 119 Å². The van der Waals surface area contributed by atoms with Crippen LogP contribution in [0.2, 0.25) is 0 Å². The molecule has 2 nitrogen and oxygen atoms in total. The number of hydrogen-bond acceptors (Lipinski definition) is 1. The fourth-order valence-corrected chi connectivity index (χ4v) is 2.64. The van der Waals surface area contributed by atoms with Gasteiger partial charge in [-0.05, 0) is 36.4 Å². The van der Waals surface area contributed by atoms with Crippen LogP contribution in [0, 0.1) is 11.8 Å². The minimum absolute atomic E-state index is 0.489. The zero-order valence-corrected chi connectivity index (χ0v) is 13.4. The third-order valence-electron chi connectivity index (χ3n) is 4.04. The molecule has 1 N–H and O–H groups in total. The van der Waals surface area contributed by atoms with E-state index in [1.807, 2.05) is 0 Å². The molecule has 0 aliphatic carbocycles. The fourth-order valence-electron chi connectivity index (χ4n) is 2.64. The van der Waals surface area contributed by atoms with Gasteiger partial charge in [-0.25, -0.2) is 0 Å². The van der Waals surface area contributed by atoms with E-state index in [0.717, 1.165) is 19.0 Å². The maximum Gasteiger partial charge on any atom is 0.0358 e. The second-order valence-corrected chi connectivity index (χ2v) is 6.00. The summed E-state index contributed by atoms with van der Waals surface area (Å²) in [7, 11) is 0. The van der Waals surface area contributed by atoms with Crippen LogP contribution in [0.4, 0.5) is 0 Å². The first kappa shape index (κ1) is 16.3. The van der Waals surface area contributed by atoms with Crippen molar-refractivity contribution in [3.8, 4) is 0 Å². The zero-order chi connectivity index (χ0) is 14.3. The van der Waals surface area contributed by atoms with Crippen molar-refractivity contribution in [3.63, 3.8) is 0 Å². The van der Waals surface area contributed by atoms with E-state index in [1.165, 1.54) is 24.8 Å². The van der Waals surface area contributed by atoms with Crippen molar-refractivity contribution in [1.82, 2.24) is 9.88 Å². The molecule has 1 unspecified atom stereocenters. The summed E-state index contributed by atoms with van der Waals surface area (Å²) in [6.45, 7) is 13.7. The molecule has 0 radical (unpaired) electrons. The van der Waals surface area contributed by atoms with E-state index >= 15 is 0 Å². The molecule has 0 amide bonds. The Morgan fingerprint density at radius 1 is 1.16 bits per heavy atom. The summed E-state index contributed by atoms with van der Waals surface area (Å²) in [5.41, 5.74) is 1.44. The molecule has 0 aliphatic heterocycles. The Hall–Kier alpha value is -0.760. The monoisotopic (exact) mass is 264 g/mol. The van der Waals surface area contributed by atoms with Gasteiger partial charge < -0.3 is 9.88 Å². The summed E-state index contributed by atoms with van der Waals surface area (Å²) < 4.78 is 2.37. The molecule has 110 valence electrons. The first-order chi connectivity index (χ1) is 9.12. The topological polar surface area (TPSA) is 17.0 Å². The average Bonchev–Trinajstić information content (AvgIpc) is 2.84. The fraction of sp³-hybridized carbons (Fsp3) is 0.765. The molecule has 1 aromatic rings. The van der Waals surface area contributed by atoms with Gasteiger partial charge in [0.25, 0.3) is 0 Å². The van der Waals surface area contributed by atoms with Crippen LogP contribution in [0.15, 0.2) is 18.5 Å². The van der Waals surface area contributed by atoms with E-state index in [2.05, 4.69) is 63.0 Å². The van der Waals surface area contributed by atoms with Gasteiger partial charge in [0.05, 0.1) is 0 Å². The predicted molar refractivity (Wildman–Crippen MR) is 84.4 cm³/mol. The van der Waals surface area contributed by atoms with E-state index < -0.39 is 0 Å². The molecule has 0 aromatic carbocycles. The van der Waals surface area contributed by atoms with Gasteiger partial charge in [0, 0.05) is 25.0 Å². The Morgan fingerprint density at radius 3 is 2.37 bits per heavy atom. The maximum atomic E-state index is 3.67. The van der Waals surface area contributed by atoms with Crippen LogP contribution in [0.5, 0.6) is 0 Å². The summed E-state index contributed by atoms with van der Waals surface area (Å²) in [4.78, 5) is 0. The minimum atomic E-state index is 0.489. The molecular formula is C17H32N2. The summed E-state index contributed by atoms with van der Waals surface area (Å²) in [5.74, 6) is 1.44. The summed E-state index contributed by atoms with van der Waals surface area (Å²) in [6.07, 6.45) is 8.32. The van der Waals surface area contributed by atoms with Crippen molar-refractivity contribution < 1.29 is 0 Å². The molecule has 0 fully saturated rings. The van der Waals surface area contributed by atoms with Gasteiger partial charge in [-0.1, -0.05) is 47.5 Å². The predicted octanol–water partition coefficient (Wildman–Crippen LogP) is 4.62. The Morgan fingerprint density at radius 2 is 1.84 bits per heavy atom. The van der Waals surface area contributed by atoms with Crippen molar-refractivity contribution in [3.05, 3.63) is 24.0 Å². The van der Waals surface area contributed by atoms with E-state index in [0.29, 0.717) is 12.0 Å². The molecule has 1 atom stereocenters. The summed E-state index contributed by atoms with van der Waals surface area (Å²) in [5, 5.41) is 3.67. The smallest absolute Gasteiger partial charge is 0.0358 e. The molecule has 19 heavy (non-hydrogen) atoms. The van der Waals surface area contributed by atoms with E-state index in [9.17, 15) is 0 Å². The van der Waals surface area contributed by atoms with Gasteiger partial charge in [-0.3, -0.25) is 0 Å². The lowest BCUT2D eigenvalue weighted by Gasteiger charge is -2.21. The van der Waals surface area contributed by atoms with Crippen molar-refractivity contribution >= 4 is 0 Å². The van der Waals surface area contributed by atoms with Gasteiger partial charge in [-0.2, -0.15) is 0 Å². The molecule has 0 saturated carbocycles.